The first kappa shape index (κ1) is 19.1. The summed E-state index contributed by atoms with van der Waals surface area (Å²) in [4.78, 5) is 12.0. The molecule has 4 nitrogen and oxygen atoms in total. The topological polar surface area (TPSA) is 47.6 Å². The number of ether oxygens (including phenoxy) is 2. The molecule has 0 aliphatic heterocycles. The molecule has 0 bridgehead atoms. The minimum absolute atomic E-state index is 0.0715. The summed E-state index contributed by atoms with van der Waals surface area (Å²) >= 11 is 0. The molecule has 0 aromatic heterocycles. The first-order valence-electron chi connectivity index (χ1n) is 8.32. The summed E-state index contributed by atoms with van der Waals surface area (Å²) in [5.41, 5.74) is 0.849. The molecule has 0 aliphatic rings. The molecule has 1 aromatic rings. The highest BCUT2D eigenvalue weighted by atomic mass is 16.5. The lowest BCUT2D eigenvalue weighted by atomic mass is 9.99. The number of hydrogen-bond acceptors (Lipinski definition) is 3. The van der Waals surface area contributed by atoms with E-state index in [1.165, 1.54) is 19.3 Å². The molecular formula is C19H29NO3. The molecule has 23 heavy (non-hydrogen) atoms. The van der Waals surface area contributed by atoms with Crippen LogP contribution in [0.3, 0.4) is 0 Å². The number of hydrogen-bond donors (Lipinski definition) is 1. The van der Waals surface area contributed by atoms with Gasteiger partial charge in [-0.25, -0.2) is 0 Å². The van der Waals surface area contributed by atoms with E-state index >= 15 is 0 Å². The highest BCUT2D eigenvalue weighted by Crippen LogP contribution is 2.25. The molecule has 1 rings (SSSR count). The SMILES string of the molecule is CCCCC(CC)CNC(=O)/C=C/c1ccc(OC)cc1OC. The summed E-state index contributed by atoms with van der Waals surface area (Å²) in [5.74, 6) is 1.90. The van der Waals surface area contributed by atoms with Crippen LogP contribution in [0.1, 0.15) is 45.1 Å². The number of methoxy groups -OCH3 is 2. The van der Waals surface area contributed by atoms with Gasteiger partial charge in [-0.05, 0) is 30.5 Å². The third kappa shape index (κ3) is 6.76. The zero-order valence-electron chi connectivity index (χ0n) is 14.7. The summed E-state index contributed by atoms with van der Waals surface area (Å²) in [6.07, 6.45) is 7.99. The van der Waals surface area contributed by atoms with E-state index in [0.29, 0.717) is 11.7 Å². The van der Waals surface area contributed by atoms with Crippen LogP contribution in [0.2, 0.25) is 0 Å². The van der Waals surface area contributed by atoms with Gasteiger partial charge >= 0.3 is 0 Å². The van der Waals surface area contributed by atoms with Crippen LogP contribution in [0.25, 0.3) is 6.08 Å². The zero-order chi connectivity index (χ0) is 17.1. The molecule has 0 aliphatic carbocycles. The Bertz CT molecular complexity index is 511. The Hall–Kier alpha value is -1.97. The number of unbranched alkanes of at least 4 members (excludes halogenated alkanes) is 1. The van der Waals surface area contributed by atoms with E-state index in [1.807, 2.05) is 12.1 Å². The van der Waals surface area contributed by atoms with Crippen molar-refractivity contribution in [3.05, 3.63) is 29.8 Å². The zero-order valence-corrected chi connectivity index (χ0v) is 14.7. The van der Waals surface area contributed by atoms with E-state index in [2.05, 4.69) is 19.2 Å². The van der Waals surface area contributed by atoms with Crippen LogP contribution in [0.15, 0.2) is 24.3 Å². The van der Waals surface area contributed by atoms with E-state index in [0.717, 1.165) is 24.3 Å². The Labute approximate surface area is 139 Å². The van der Waals surface area contributed by atoms with Crippen LogP contribution in [0, 0.1) is 5.92 Å². The first-order valence-corrected chi connectivity index (χ1v) is 8.32. The Morgan fingerprint density at radius 2 is 2.04 bits per heavy atom. The smallest absolute Gasteiger partial charge is 0.244 e. The van der Waals surface area contributed by atoms with Crippen LogP contribution in [0.4, 0.5) is 0 Å². The van der Waals surface area contributed by atoms with Crippen molar-refractivity contribution >= 4 is 12.0 Å². The van der Waals surface area contributed by atoms with E-state index in [-0.39, 0.29) is 5.91 Å². The molecular weight excluding hydrogens is 290 g/mol. The lowest BCUT2D eigenvalue weighted by Gasteiger charge is -2.14. The molecule has 1 atom stereocenters. The van der Waals surface area contributed by atoms with E-state index in [1.54, 1.807) is 32.4 Å². The number of carbonyl (C=O) groups is 1. The van der Waals surface area contributed by atoms with Crippen LogP contribution in [-0.4, -0.2) is 26.7 Å². The fraction of sp³-hybridized carbons (Fsp3) is 0.526. The van der Waals surface area contributed by atoms with Crippen molar-refractivity contribution in [1.29, 1.82) is 0 Å². The molecule has 0 spiro atoms. The Morgan fingerprint density at radius 3 is 2.65 bits per heavy atom. The fourth-order valence-corrected chi connectivity index (χ4v) is 2.37. The highest BCUT2D eigenvalue weighted by molar-refractivity contribution is 5.92. The number of nitrogens with one attached hydrogen (secondary N) is 1. The maximum atomic E-state index is 12.0. The number of rotatable bonds is 10. The monoisotopic (exact) mass is 319 g/mol. The third-order valence-corrected chi connectivity index (χ3v) is 3.96. The summed E-state index contributed by atoms with van der Waals surface area (Å²) in [7, 11) is 3.21. The van der Waals surface area contributed by atoms with Gasteiger partial charge in [0.25, 0.3) is 0 Å². The Balaban J connectivity index is 2.58. The van der Waals surface area contributed by atoms with Gasteiger partial charge in [-0.2, -0.15) is 0 Å². The van der Waals surface area contributed by atoms with Crippen molar-refractivity contribution in [2.45, 2.75) is 39.5 Å². The van der Waals surface area contributed by atoms with Crippen LogP contribution < -0.4 is 14.8 Å². The molecule has 0 heterocycles. The van der Waals surface area contributed by atoms with Crippen LogP contribution >= 0.6 is 0 Å². The molecule has 0 saturated carbocycles. The second-order valence-corrected chi connectivity index (χ2v) is 5.60. The molecule has 1 N–H and O–H groups in total. The van der Waals surface area contributed by atoms with Crippen molar-refractivity contribution in [1.82, 2.24) is 5.32 Å². The van der Waals surface area contributed by atoms with Gasteiger partial charge in [0.15, 0.2) is 0 Å². The molecule has 0 fully saturated rings. The molecule has 1 aromatic carbocycles. The lowest BCUT2D eigenvalue weighted by molar-refractivity contribution is -0.116. The highest BCUT2D eigenvalue weighted by Gasteiger charge is 2.07. The molecule has 4 heteroatoms. The Kier molecular flexibility index (Phi) is 8.88. The molecule has 1 amide bonds. The summed E-state index contributed by atoms with van der Waals surface area (Å²) < 4.78 is 10.5. The van der Waals surface area contributed by atoms with Gasteiger partial charge in [-0.15, -0.1) is 0 Å². The molecule has 128 valence electrons. The van der Waals surface area contributed by atoms with E-state index in [4.69, 9.17) is 9.47 Å². The predicted octanol–water partition coefficient (Wildman–Crippen LogP) is 4.05. The maximum absolute atomic E-state index is 12.0. The van der Waals surface area contributed by atoms with Gasteiger partial charge in [-0.3, -0.25) is 4.79 Å². The Morgan fingerprint density at radius 1 is 1.26 bits per heavy atom. The second kappa shape index (κ2) is 10.7. The van der Waals surface area contributed by atoms with E-state index < -0.39 is 0 Å². The maximum Gasteiger partial charge on any atom is 0.244 e. The van der Waals surface area contributed by atoms with Gasteiger partial charge < -0.3 is 14.8 Å². The van der Waals surface area contributed by atoms with Crippen molar-refractivity contribution in [2.24, 2.45) is 5.92 Å². The number of carbonyl (C=O) groups excluding carboxylic acids is 1. The molecule has 0 saturated heterocycles. The average Bonchev–Trinajstić information content (AvgIpc) is 2.59. The summed E-state index contributed by atoms with van der Waals surface area (Å²) in [6.45, 7) is 5.10. The van der Waals surface area contributed by atoms with Gasteiger partial charge in [0.2, 0.25) is 5.91 Å². The van der Waals surface area contributed by atoms with Gasteiger partial charge in [0.1, 0.15) is 11.5 Å². The van der Waals surface area contributed by atoms with Gasteiger partial charge in [-0.1, -0.05) is 33.1 Å². The van der Waals surface area contributed by atoms with Crippen LogP contribution in [0.5, 0.6) is 11.5 Å². The predicted molar refractivity (Wildman–Crippen MR) is 94.9 cm³/mol. The van der Waals surface area contributed by atoms with Crippen molar-refractivity contribution < 1.29 is 14.3 Å². The van der Waals surface area contributed by atoms with Crippen LogP contribution in [-0.2, 0) is 4.79 Å². The molecule has 0 radical (unpaired) electrons. The average molecular weight is 319 g/mol. The minimum atomic E-state index is -0.0715. The quantitative estimate of drug-likeness (QED) is 0.662. The minimum Gasteiger partial charge on any atom is -0.497 e. The standard InChI is InChI=1S/C19H29NO3/c1-5-7-8-15(6-2)14-20-19(21)12-10-16-9-11-17(22-3)13-18(16)23-4/h9-13,15H,5-8,14H2,1-4H3,(H,20,21)/b12-10+. The largest absolute Gasteiger partial charge is 0.497 e. The van der Waals surface area contributed by atoms with E-state index in [9.17, 15) is 4.79 Å². The summed E-state index contributed by atoms with van der Waals surface area (Å²) in [6, 6.07) is 5.52. The first-order chi connectivity index (χ1) is 11.1. The third-order valence-electron chi connectivity index (χ3n) is 3.96. The number of benzene rings is 1. The van der Waals surface area contributed by atoms with Gasteiger partial charge in [0.05, 0.1) is 14.2 Å². The summed E-state index contributed by atoms with van der Waals surface area (Å²) in [5, 5.41) is 2.98. The van der Waals surface area contributed by atoms with Crippen molar-refractivity contribution in [3.8, 4) is 11.5 Å². The fourth-order valence-electron chi connectivity index (χ4n) is 2.37. The van der Waals surface area contributed by atoms with Crippen molar-refractivity contribution in [3.63, 3.8) is 0 Å². The normalized spacial score (nSPS) is 12.2. The molecule has 1 unspecified atom stereocenters. The lowest BCUT2D eigenvalue weighted by Crippen LogP contribution is -2.27. The van der Waals surface area contributed by atoms with Gasteiger partial charge in [0, 0.05) is 24.3 Å². The second-order valence-electron chi connectivity index (χ2n) is 5.60. The van der Waals surface area contributed by atoms with Crippen molar-refractivity contribution in [2.75, 3.05) is 20.8 Å². The number of amides is 1.